The Hall–Kier alpha value is -2.73. The molecule has 0 aromatic heterocycles. The Bertz CT molecular complexity index is 1460. The third-order valence-electron chi connectivity index (χ3n) is 9.78. The van der Waals surface area contributed by atoms with E-state index in [1.807, 2.05) is 0 Å². The monoisotopic (exact) mass is 812 g/mol. The first-order chi connectivity index (χ1) is 26.5. The van der Waals surface area contributed by atoms with Crippen molar-refractivity contribution in [3.05, 3.63) is 29.8 Å². The van der Waals surface area contributed by atoms with Crippen molar-refractivity contribution < 1.29 is 114 Å². The summed E-state index contributed by atoms with van der Waals surface area (Å²) in [6.07, 6.45) is -33.0. The fourth-order valence-corrected chi connectivity index (χ4v) is 6.47. The molecular weight excluding hydrogens is 764 g/mol. The number of rotatable bonds is 12. The van der Waals surface area contributed by atoms with Crippen LogP contribution in [0.15, 0.2) is 24.3 Å². The lowest BCUT2D eigenvalue weighted by atomic mass is 9.96. The Morgan fingerprint density at radius 2 is 1.21 bits per heavy atom. The van der Waals surface area contributed by atoms with E-state index < -0.39 is 160 Å². The third kappa shape index (κ3) is 9.58. The highest BCUT2D eigenvalue weighted by molar-refractivity contribution is 5.87. The van der Waals surface area contributed by atoms with E-state index in [0.29, 0.717) is 0 Å². The van der Waals surface area contributed by atoms with E-state index in [4.69, 9.17) is 37.9 Å². The highest BCUT2D eigenvalue weighted by Crippen LogP contribution is 2.33. The van der Waals surface area contributed by atoms with Crippen molar-refractivity contribution >= 4 is 12.0 Å². The number of phenols is 2. The minimum atomic E-state index is -2.10. The second-order valence-corrected chi connectivity index (χ2v) is 13.7. The average Bonchev–Trinajstić information content (AvgIpc) is 3.17. The van der Waals surface area contributed by atoms with E-state index in [0.717, 1.165) is 18.2 Å². The first-order valence-electron chi connectivity index (χ1n) is 17.4. The van der Waals surface area contributed by atoms with E-state index in [1.165, 1.54) is 19.1 Å². The number of hydrogen-bond acceptors (Lipinski definition) is 23. The van der Waals surface area contributed by atoms with Gasteiger partial charge >= 0.3 is 5.97 Å². The first-order valence-corrected chi connectivity index (χ1v) is 17.4. The largest absolute Gasteiger partial charge is 0.504 e. The van der Waals surface area contributed by atoms with Gasteiger partial charge in [0.05, 0.1) is 25.9 Å². The minimum absolute atomic E-state index is 0.236. The predicted molar refractivity (Wildman–Crippen MR) is 175 cm³/mol. The number of aromatic hydroxyl groups is 2. The van der Waals surface area contributed by atoms with Gasteiger partial charge in [-0.15, -0.1) is 0 Å². The van der Waals surface area contributed by atoms with Crippen LogP contribution in [0.2, 0.25) is 0 Å². The van der Waals surface area contributed by atoms with Crippen LogP contribution in [0.5, 0.6) is 11.5 Å². The van der Waals surface area contributed by atoms with Gasteiger partial charge < -0.3 is 109 Å². The molecular formula is C33H48O23. The van der Waals surface area contributed by atoms with Crippen molar-refractivity contribution in [3.63, 3.8) is 0 Å². The molecule has 0 radical (unpaired) electrons. The zero-order chi connectivity index (χ0) is 41.2. The van der Waals surface area contributed by atoms with Gasteiger partial charge in [0.1, 0.15) is 79.4 Å². The van der Waals surface area contributed by atoms with Crippen molar-refractivity contribution in [1.29, 1.82) is 0 Å². The molecule has 4 saturated heterocycles. The Kier molecular flexibility index (Phi) is 15.0. The summed E-state index contributed by atoms with van der Waals surface area (Å²) in [5.74, 6) is -2.07. The van der Waals surface area contributed by atoms with E-state index in [2.05, 4.69) is 0 Å². The van der Waals surface area contributed by atoms with E-state index >= 15 is 0 Å². The van der Waals surface area contributed by atoms with Crippen LogP contribution in [0.3, 0.4) is 0 Å². The number of phenolic OH excluding ortho intramolecular Hbond substituents is 2. The molecule has 0 amide bonds. The smallest absolute Gasteiger partial charge is 0.331 e. The molecule has 0 spiro atoms. The molecule has 23 nitrogen and oxygen atoms in total. The van der Waals surface area contributed by atoms with E-state index in [-0.39, 0.29) is 5.56 Å². The highest BCUT2D eigenvalue weighted by atomic mass is 16.8. The van der Waals surface area contributed by atoms with Gasteiger partial charge in [0.25, 0.3) is 0 Å². The van der Waals surface area contributed by atoms with E-state index in [9.17, 15) is 76.3 Å². The Morgan fingerprint density at radius 1 is 0.625 bits per heavy atom. The van der Waals surface area contributed by atoms with Gasteiger partial charge in [-0.25, -0.2) is 4.79 Å². The number of carbonyl (C=O) groups excluding carboxylic acids is 1. The fraction of sp³-hybridized carbons (Fsp3) is 0.727. The van der Waals surface area contributed by atoms with Crippen LogP contribution in [0.1, 0.15) is 12.5 Å². The van der Waals surface area contributed by atoms with E-state index in [1.54, 1.807) is 0 Å². The van der Waals surface area contributed by atoms with Gasteiger partial charge in [-0.3, -0.25) is 0 Å². The lowest BCUT2D eigenvalue weighted by Crippen LogP contribution is -2.65. The van der Waals surface area contributed by atoms with Crippen LogP contribution in [-0.2, 0) is 42.7 Å². The summed E-state index contributed by atoms with van der Waals surface area (Å²) in [5.41, 5.74) is 0.236. The molecule has 0 bridgehead atoms. The van der Waals surface area contributed by atoms with Gasteiger partial charge in [-0.1, -0.05) is 6.07 Å². The first kappa shape index (κ1) is 44.4. The number of aliphatic hydroxyl groups is 12. The molecule has 4 fully saturated rings. The second kappa shape index (κ2) is 18.9. The van der Waals surface area contributed by atoms with Crippen molar-refractivity contribution in [2.75, 3.05) is 19.8 Å². The topological polar surface area (TPSA) is 374 Å². The minimum Gasteiger partial charge on any atom is -0.504 e. The molecule has 1 aromatic rings. The molecule has 20 unspecified atom stereocenters. The normalized spacial score (nSPS) is 44.8. The summed E-state index contributed by atoms with van der Waals surface area (Å²) < 4.78 is 43.9. The molecule has 318 valence electrons. The zero-order valence-electron chi connectivity index (χ0n) is 29.5. The molecule has 4 aliphatic heterocycles. The summed E-state index contributed by atoms with van der Waals surface area (Å²) in [6.45, 7) is -1.12. The van der Waals surface area contributed by atoms with Crippen molar-refractivity contribution in [2.24, 2.45) is 0 Å². The van der Waals surface area contributed by atoms with Gasteiger partial charge in [-0.05, 0) is 30.7 Å². The number of aliphatic hydroxyl groups excluding tert-OH is 12. The Balaban J connectivity index is 1.29. The summed E-state index contributed by atoms with van der Waals surface area (Å²) in [6, 6.07) is 3.62. The number of ether oxygens (including phenoxy) is 8. The lowest BCUT2D eigenvalue weighted by molar-refractivity contribution is -0.372. The molecule has 4 heterocycles. The summed E-state index contributed by atoms with van der Waals surface area (Å²) in [7, 11) is 0. The summed E-state index contributed by atoms with van der Waals surface area (Å²) in [4.78, 5) is 13.0. The third-order valence-corrected chi connectivity index (χ3v) is 9.78. The molecule has 56 heavy (non-hydrogen) atoms. The summed E-state index contributed by atoms with van der Waals surface area (Å²) in [5, 5.41) is 144. The highest BCUT2D eigenvalue weighted by Gasteiger charge is 2.54. The molecule has 0 saturated carbocycles. The maximum absolute atomic E-state index is 13.0. The summed E-state index contributed by atoms with van der Waals surface area (Å²) >= 11 is 0. The van der Waals surface area contributed by atoms with Gasteiger partial charge in [0.2, 0.25) is 0 Å². The maximum Gasteiger partial charge on any atom is 0.331 e. The second-order valence-electron chi connectivity index (χ2n) is 13.7. The lowest BCUT2D eigenvalue weighted by Gasteiger charge is -2.47. The molecule has 14 N–H and O–H groups in total. The molecule has 0 aliphatic carbocycles. The molecule has 20 atom stereocenters. The molecule has 5 rings (SSSR count). The molecule has 23 heteroatoms. The maximum atomic E-state index is 13.0. The van der Waals surface area contributed by atoms with Crippen LogP contribution >= 0.6 is 0 Å². The van der Waals surface area contributed by atoms with Gasteiger partial charge in [-0.2, -0.15) is 0 Å². The van der Waals surface area contributed by atoms with Crippen molar-refractivity contribution in [3.8, 4) is 11.5 Å². The quantitative estimate of drug-likeness (QED) is 0.0530. The predicted octanol–water partition coefficient (Wildman–Crippen LogP) is -7.05. The SMILES string of the molecule is CC1OC(OC2C(O)OC(COC3OC(CO)C(OC4OC(CO)C(O)C(O)C4O)C(O)C3O)C(O)C2OC(=O)/C=C/c2ccc(O)c(O)c2)C(O)C(O)C1O. The van der Waals surface area contributed by atoms with Crippen LogP contribution in [0, 0.1) is 0 Å². The number of hydrogen-bond donors (Lipinski definition) is 14. The van der Waals surface area contributed by atoms with Crippen LogP contribution in [0.4, 0.5) is 0 Å². The zero-order valence-corrected chi connectivity index (χ0v) is 29.5. The number of esters is 1. The van der Waals surface area contributed by atoms with Crippen LogP contribution < -0.4 is 0 Å². The Morgan fingerprint density at radius 3 is 1.86 bits per heavy atom. The number of benzene rings is 1. The molecule has 4 aliphatic rings. The fourth-order valence-electron chi connectivity index (χ4n) is 6.47. The van der Waals surface area contributed by atoms with Crippen molar-refractivity contribution in [2.45, 2.75) is 130 Å². The van der Waals surface area contributed by atoms with Crippen molar-refractivity contribution in [1.82, 2.24) is 0 Å². The van der Waals surface area contributed by atoms with Crippen LogP contribution in [-0.4, -0.2) is 220 Å². The van der Waals surface area contributed by atoms with Gasteiger partial charge in [0.15, 0.2) is 48.9 Å². The standard InChI is InChI=1S/C33H48O23/c1-10-18(39)21(42)24(45)32(50-10)56-29-28(54-17(38)5-3-11-2-4-12(36)13(37)6-11)20(41)16(51-30(29)48)9-49-31-26(47)23(44)27(15(8-35)53-31)55-33-25(46)22(43)19(40)14(7-34)52-33/h2-6,10,14-16,18-37,39-48H,7-9H2,1H3/b5-3+. The molecule has 1 aromatic carbocycles. The average molecular weight is 813 g/mol. The van der Waals surface area contributed by atoms with Crippen LogP contribution in [0.25, 0.3) is 6.08 Å². The van der Waals surface area contributed by atoms with Gasteiger partial charge in [0, 0.05) is 6.08 Å². The Labute approximate surface area is 317 Å². The number of carbonyl (C=O) groups is 1.